The third-order valence-electron chi connectivity index (χ3n) is 0.630. The van der Waals surface area contributed by atoms with Crippen molar-refractivity contribution in [1.82, 2.24) is 0 Å². The molecule has 0 amide bonds. The third-order valence-corrected chi connectivity index (χ3v) is 1.22. The molecule has 0 bridgehead atoms. The molecule has 0 aliphatic heterocycles. The average molecular weight is 155 g/mol. The van der Waals surface area contributed by atoms with Crippen LogP contribution in [0.3, 0.4) is 0 Å². The summed E-state index contributed by atoms with van der Waals surface area (Å²) in [5.74, 6) is 0.753. The monoisotopic (exact) mass is 155 g/mol. The Bertz CT molecular complexity index is 30.9. The molecule has 0 aliphatic rings. The van der Waals surface area contributed by atoms with Gasteiger partial charge in [-0.2, -0.15) is 0 Å². The van der Waals surface area contributed by atoms with Crippen LogP contribution in [0.5, 0.6) is 0 Å². The first-order valence-corrected chi connectivity index (χ1v) is 3.43. The summed E-state index contributed by atoms with van der Waals surface area (Å²) in [5.41, 5.74) is 0. The van der Waals surface area contributed by atoms with Crippen LogP contribution in [-0.2, 0) is 24.1 Å². The fraction of sp³-hybridized carbons (Fsp3) is 1.00. The van der Waals surface area contributed by atoms with Crippen LogP contribution in [-0.4, -0.2) is 12.5 Å². The molecule has 0 saturated heterocycles. The fourth-order valence-electron chi connectivity index (χ4n) is 0.269. The van der Waals surface area contributed by atoms with Crippen LogP contribution < -0.4 is 0 Å². The normalized spacial score (nSPS) is 9.14. The number of hydrogen-bond donors (Lipinski definition) is 0. The van der Waals surface area contributed by atoms with E-state index in [1.807, 2.05) is 0 Å². The van der Waals surface area contributed by atoms with Gasteiger partial charge >= 0.3 is 61.1 Å². The molecule has 1 nitrogen and oxygen atoms in total. The zero-order chi connectivity index (χ0) is 5.54. The van der Waals surface area contributed by atoms with E-state index < -0.39 is 0 Å². The zero-order valence-electron chi connectivity index (χ0n) is 4.11. The van der Waals surface area contributed by atoms with E-state index in [1.165, 1.54) is 0 Å². The quantitative estimate of drug-likeness (QED) is 0.339. The molecule has 0 saturated carbocycles. The van der Waals surface area contributed by atoms with Gasteiger partial charge in [0.25, 0.3) is 0 Å². The summed E-state index contributed by atoms with van der Waals surface area (Å²) in [7, 11) is 0. The van der Waals surface area contributed by atoms with Gasteiger partial charge in [0.15, 0.2) is 0 Å². The Kier molecular flexibility index (Phi) is 7.92. The molecule has 0 atom stereocenters. The Morgan fingerprint density at radius 2 is 2.14 bits per heavy atom. The van der Waals surface area contributed by atoms with E-state index in [4.69, 9.17) is 14.9 Å². The summed E-state index contributed by atoms with van der Waals surface area (Å²) >= 11 is 7.08. The standard InChI is InChI=1S/C4H8ClO.Ti/c5-3-1-2-4-6;/h1-4H2;/q-1;+1. The van der Waals surface area contributed by atoms with E-state index in [0.29, 0.717) is 0 Å². The Labute approximate surface area is 61.3 Å². The van der Waals surface area contributed by atoms with Crippen LogP contribution in [0.1, 0.15) is 12.8 Å². The second kappa shape index (κ2) is 6.96. The average Bonchev–Trinajstić information content (AvgIpc) is 1.69. The Balaban J connectivity index is 2.45. The first-order valence-electron chi connectivity index (χ1n) is 2.26. The van der Waals surface area contributed by atoms with Crippen LogP contribution >= 0.6 is 11.6 Å². The van der Waals surface area contributed by atoms with Crippen LogP contribution in [0, 0.1) is 0 Å². The van der Waals surface area contributed by atoms with Gasteiger partial charge in [0, 0.05) is 0 Å². The van der Waals surface area contributed by atoms with Gasteiger partial charge < -0.3 is 0 Å². The second-order valence-electron chi connectivity index (χ2n) is 1.24. The van der Waals surface area contributed by atoms with Crippen molar-refractivity contribution >= 4 is 11.6 Å². The summed E-state index contributed by atoms with van der Waals surface area (Å²) < 4.78 is 4.79. The number of alkyl halides is 1. The van der Waals surface area contributed by atoms with Crippen LogP contribution in [0.25, 0.3) is 0 Å². The van der Waals surface area contributed by atoms with Crippen molar-refractivity contribution in [3.8, 4) is 0 Å². The molecule has 41 valence electrons. The molecular formula is C4H8ClOTi. The minimum absolute atomic E-state index is 0.753. The fourth-order valence-corrected chi connectivity index (χ4v) is 0.683. The molecular weight excluding hydrogens is 147 g/mol. The first-order chi connectivity index (χ1) is 3.41. The van der Waals surface area contributed by atoms with E-state index in [-0.39, 0.29) is 0 Å². The minimum atomic E-state index is 0.753. The van der Waals surface area contributed by atoms with Gasteiger partial charge in [0.05, 0.1) is 0 Å². The summed E-state index contributed by atoms with van der Waals surface area (Å²) in [5, 5.41) is 0. The van der Waals surface area contributed by atoms with Crippen molar-refractivity contribution in [1.29, 1.82) is 0 Å². The van der Waals surface area contributed by atoms with E-state index in [1.54, 1.807) is 20.8 Å². The molecule has 3 heteroatoms. The van der Waals surface area contributed by atoms with E-state index in [2.05, 4.69) is 0 Å². The van der Waals surface area contributed by atoms with E-state index in [0.717, 1.165) is 25.3 Å². The number of rotatable bonds is 4. The summed E-state index contributed by atoms with van der Waals surface area (Å²) in [4.78, 5) is 0. The molecule has 0 unspecified atom stereocenters. The van der Waals surface area contributed by atoms with E-state index in [9.17, 15) is 0 Å². The van der Waals surface area contributed by atoms with Gasteiger partial charge in [-0.1, -0.05) is 0 Å². The topological polar surface area (TPSA) is 9.23 Å². The van der Waals surface area contributed by atoms with Crippen molar-refractivity contribution in [3.05, 3.63) is 0 Å². The summed E-state index contributed by atoms with van der Waals surface area (Å²) in [6.45, 7) is 0.840. The second-order valence-corrected chi connectivity index (χ2v) is 2.07. The van der Waals surface area contributed by atoms with Gasteiger partial charge in [-0.25, -0.2) is 0 Å². The number of halogens is 1. The molecule has 0 heterocycles. The molecule has 0 radical (unpaired) electrons. The molecule has 7 heavy (non-hydrogen) atoms. The van der Waals surface area contributed by atoms with Gasteiger partial charge in [-0.3, -0.25) is 0 Å². The van der Waals surface area contributed by atoms with Crippen molar-refractivity contribution < 1.29 is 24.1 Å². The SMILES string of the molecule is ClCCCC[O][Ti]. The van der Waals surface area contributed by atoms with Crippen molar-refractivity contribution in [2.24, 2.45) is 0 Å². The van der Waals surface area contributed by atoms with Gasteiger partial charge in [-0.15, -0.1) is 0 Å². The molecule has 0 aromatic rings. The van der Waals surface area contributed by atoms with Gasteiger partial charge in [0.2, 0.25) is 0 Å². The summed E-state index contributed by atoms with van der Waals surface area (Å²) in [6.07, 6.45) is 2.15. The molecule has 0 rings (SSSR count). The first kappa shape index (κ1) is 7.96. The van der Waals surface area contributed by atoms with Crippen LogP contribution in [0.2, 0.25) is 0 Å². The van der Waals surface area contributed by atoms with Crippen LogP contribution in [0.4, 0.5) is 0 Å². The molecule has 0 N–H and O–H groups in total. The predicted octanol–water partition coefficient (Wildman–Crippen LogP) is 1.48. The maximum atomic E-state index is 5.38. The van der Waals surface area contributed by atoms with Crippen LogP contribution in [0.15, 0.2) is 0 Å². The molecule has 0 aliphatic carbocycles. The number of unbranched alkanes of at least 4 members (excludes halogenated alkanes) is 1. The number of hydrogen-bond acceptors (Lipinski definition) is 1. The molecule has 0 aromatic heterocycles. The van der Waals surface area contributed by atoms with E-state index >= 15 is 0 Å². The molecule has 0 spiro atoms. The molecule has 0 aromatic carbocycles. The Morgan fingerprint density at radius 1 is 1.43 bits per heavy atom. The predicted molar refractivity (Wildman–Crippen MR) is 25.9 cm³/mol. The molecule has 0 fully saturated rings. The van der Waals surface area contributed by atoms with Crippen molar-refractivity contribution in [2.75, 3.05) is 12.5 Å². The zero-order valence-corrected chi connectivity index (χ0v) is 6.43. The Hall–Kier alpha value is 0.964. The van der Waals surface area contributed by atoms with Crippen molar-refractivity contribution in [2.45, 2.75) is 12.8 Å². The van der Waals surface area contributed by atoms with Crippen molar-refractivity contribution in [3.63, 3.8) is 0 Å². The Morgan fingerprint density at radius 3 is 2.57 bits per heavy atom. The maximum absolute atomic E-state index is 5.38. The van der Waals surface area contributed by atoms with Gasteiger partial charge in [0.1, 0.15) is 0 Å². The van der Waals surface area contributed by atoms with Gasteiger partial charge in [-0.05, 0) is 0 Å². The third kappa shape index (κ3) is 6.96. The summed E-state index contributed by atoms with van der Waals surface area (Å²) in [6, 6.07) is 0.